The molecule has 1 aliphatic rings. The molecule has 3 aromatic rings. The quantitative estimate of drug-likeness (QED) is 0.311. The molecule has 0 fully saturated rings. The number of rotatable bonds is 8. The summed E-state index contributed by atoms with van der Waals surface area (Å²) in [5, 5.41) is 19.5. The van der Waals surface area contributed by atoms with E-state index in [1.54, 1.807) is 55.5 Å². The molecule has 0 aliphatic carbocycles. The first-order valence-corrected chi connectivity index (χ1v) is 13.0. The van der Waals surface area contributed by atoms with Crippen molar-refractivity contribution in [3.63, 3.8) is 0 Å². The van der Waals surface area contributed by atoms with Crippen molar-refractivity contribution in [1.29, 1.82) is 5.26 Å². The summed E-state index contributed by atoms with van der Waals surface area (Å²) in [5.74, 6) is -0.381. The van der Waals surface area contributed by atoms with Crippen molar-refractivity contribution in [3.05, 3.63) is 99.0 Å². The number of carbonyl (C=O) groups excluding carboxylic acids is 2. The van der Waals surface area contributed by atoms with Crippen LogP contribution in [0.2, 0.25) is 0 Å². The number of ether oxygens (including phenoxy) is 1. The van der Waals surface area contributed by atoms with Gasteiger partial charge >= 0.3 is 0 Å². The molecule has 2 amide bonds. The van der Waals surface area contributed by atoms with E-state index in [-0.39, 0.29) is 17.2 Å². The number of furan rings is 1. The molecule has 0 unspecified atom stereocenters. The van der Waals surface area contributed by atoms with Gasteiger partial charge in [0, 0.05) is 15.9 Å². The molecule has 0 saturated carbocycles. The maximum atomic E-state index is 13.5. The van der Waals surface area contributed by atoms with Crippen LogP contribution in [-0.4, -0.2) is 24.7 Å². The molecule has 0 spiro atoms. The Morgan fingerprint density at radius 1 is 1.16 bits per heavy atom. The van der Waals surface area contributed by atoms with Gasteiger partial charge in [0.2, 0.25) is 5.91 Å². The van der Waals surface area contributed by atoms with Crippen molar-refractivity contribution < 1.29 is 18.7 Å². The molecule has 1 aromatic heterocycles. The van der Waals surface area contributed by atoms with Crippen LogP contribution in [0.25, 0.3) is 0 Å². The largest absolute Gasteiger partial charge is 0.495 e. The number of allylic oxidation sites excluding steroid dienone is 2. The summed E-state index contributed by atoms with van der Waals surface area (Å²) in [4.78, 5) is 26.1. The Morgan fingerprint density at radius 3 is 2.68 bits per heavy atom. The van der Waals surface area contributed by atoms with Gasteiger partial charge in [0.1, 0.15) is 11.5 Å². The third-order valence-corrected chi connectivity index (χ3v) is 7.04. The SMILES string of the molecule is COc1ccccc1NC(=O)C1=C(C)NC(SCC(=O)Nc2cccc(Br)c2)=C(C#N)[C@H]1c1ccco1. The molecule has 0 saturated heterocycles. The second-order valence-electron chi connectivity index (χ2n) is 7.97. The molecule has 8 nitrogen and oxygen atoms in total. The summed E-state index contributed by atoms with van der Waals surface area (Å²) < 4.78 is 11.8. The van der Waals surface area contributed by atoms with Gasteiger partial charge in [0.25, 0.3) is 5.91 Å². The van der Waals surface area contributed by atoms with Crippen molar-refractivity contribution in [1.82, 2.24) is 5.32 Å². The van der Waals surface area contributed by atoms with Crippen LogP contribution in [0.3, 0.4) is 0 Å². The second-order valence-corrected chi connectivity index (χ2v) is 9.87. The maximum absolute atomic E-state index is 13.5. The molecule has 3 N–H and O–H groups in total. The summed E-state index contributed by atoms with van der Waals surface area (Å²) in [7, 11) is 1.52. The van der Waals surface area contributed by atoms with E-state index in [1.807, 2.05) is 12.1 Å². The van der Waals surface area contributed by atoms with Crippen molar-refractivity contribution in [2.45, 2.75) is 12.8 Å². The Labute approximate surface area is 226 Å². The van der Waals surface area contributed by atoms with Crippen molar-refractivity contribution in [2.75, 3.05) is 23.5 Å². The number of carbonyl (C=O) groups is 2. The number of nitriles is 1. The van der Waals surface area contributed by atoms with Gasteiger partial charge in [-0.2, -0.15) is 5.26 Å². The lowest BCUT2D eigenvalue weighted by Gasteiger charge is -2.28. The van der Waals surface area contributed by atoms with Crippen LogP contribution in [0.4, 0.5) is 11.4 Å². The minimum Gasteiger partial charge on any atom is -0.495 e. The average Bonchev–Trinajstić information content (AvgIpc) is 3.42. The lowest BCUT2D eigenvalue weighted by Crippen LogP contribution is -2.31. The lowest BCUT2D eigenvalue weighted by molar-refractivity contribution is -0.114. The number of nitrogens with zero attached hydrogens (tertiary/aromatic N) is 1. The van der Waals surface area contributed by atoms with Crippen LogP contribution in [0, 0.1) is 11.3 Å². The number of benzene rings is 2. The number of amides is 2. The number of dihydropyridines is 1. The van der Waals surface area contributed by atoms with Crippen LogP contribution in [0.15, 0.2) is 97.7 Å². The molecule has 0 radical (unpaired) electrons. The number of nitrogens with one attached hydrogen (secondary N) is 3. The highest BCUT2D eigenvalue weighted by Gasteiger charge is 2.36. The van der Waals surface area contributed by atoms with Gasteiger partial charge in [-0.3, -0.25) is 9.59 Å². The summed E-state index contributed by atoms with van der Waals surface area (Å²) in [6, 6.07) is 20.0. The van der Waals surface area contributed by atoms with E-state index < -0.39 is 11.8 Å². The molecule has 1 atom stereocenters. The lowest BCUT2D eigenvalue weighted by atomic mass is 9.85. The van der Waals surface area contributed by atoms with Crippen LogP contribution in [0.1, 0.15) is 18.6 Å². The summed E-state index contributed by atoms with van der Waals surface area (Å²) >= 11 is 4.57. The van der Waals surface area contributed by atoms with E-state index >= 15 is 0 Å². The van der Waals surface area contributed by atoms with E-state index in [2.05, 4.69) is 37.9 Å². The van der Waals surface area contributed by atoms with E-state index in [1.165, 1.54) is 25.1 Å². The highest BCUT2D eigenvalue weighted by Crippen LogP contribution is 2.41. The summed E-state index contributed by atoms with van der Waals surface area (Å²) in [6.45, 7) is 1.75. The molecular weight excluding hydrogens is 556 g/mol. The summed E-state index contributed by atoms with van der Waals surface area (Å²) in [6.07, 6.45) is 1.50. The topological polar surface area (TPSA) is 116 Å². The number of anilines is 2. The maximum Gasteiger partial charge on any atom is 0.254 e. The Morgan fingerprint density at radius 2 is 1.97 bits per heavy atom. The monoisotopic (exact) mass is 578 g/mol. The van der Waals surface area contributed by atoms with Crippen LogP contribution in [-0.2, 0) is 9.59 Å². The van der Waals surface area contributed by atoms with Gasteiger partial charge in [-0.05, 0) is 49.4 Å². The predicted octanol–water partition coefficient (Wildman–Crippen LogP) is 5.76. The first-order chi connectivity index (χ1) is 17.9. The van der Waals surface area contributed by atoms with Gasteiger partial charge in [0.15, 0.2) is 0 Å². The number of halogens is 1. The highest BCUT2D eigenvalue weighted by atomic mass is 79.9. The molecule has 1 aliphatic heterocycles. The number of para-hydroxylation sites is 2. The Kier molecular flexibility index (Phi) is 8.38. The number of hydrogen-bond donors (Lipinski definition) is 3. The summed E-state index contributed by atoms with van der Waals surface area (Å²) in [5.41, 5.74) is 2.32. The number of hydrogen-bond acceptors (Lipinski definition) is 7. The zero-order valence-corrected chi connectivity index (χ0v) is 22.4. The fraction of sp³-hybridized carbons (Fsp3) is 0.148. The van der Waals surface area contributed by atoms with Gasteiger partial charge < -0.3 is 25.1 Å². The van der Waals surface area contributed by atoms with E-state index in [0.717, 1.165) is 4.47 Å². The Hall–Kier alpha value is -3.94. The van der Waals surface area contributed by atoms with Crippen LogP contribution >= 0.6 is 27.7 Å². The predicted molar refractivity (Wildman–Crippen MR) is 147 cm³/mol. The van der Waals surface area contributed by atoms with Crippen molar-refractivity contribution >= 4 is 50.9 Å². The average molecular weight is 579 g/mol. The molecular formula is C27H23BrN4O4S. The van der Waals surface area contributed by atoms with E-state index in [0.29, 0.717) is 39.2 Å². The Balaban J connectivity index is 1.59. The fourth-order valence-corrected chi connectivity index (χ4v) is 5.20. The smallest absolute Gasteiger partial charge is 0.254 e. The van der Waals surface area contributed by atoms with Crippen LogP contribution in [0.5, 0.6) is 5.75 Å². The van der Waals surface area contributed by atoms with E-state index in [4.69, 9.17) is 9.15 Å². The van der Waals surface area contributed by atoms with Crippen molar-refractivity contribution in [2.24, 2.45) is 0 Å². The highest BCUT2D eigenvalue weighted by molar-refractivity contribution is 9.10. The first-order valence-electron chi connectivity index (χ1n) is 11.2. The van der Waals surface area contributed by atoms with Gasteiger partial charge in [-0.25, -0.2) is 0 Å². The molecule has 10 heteroatoms. The zero-order chi connectivity index (χ0) is 26.4. The van der Waals surface area contributed by atoms with Gasteiger partial charge in [-0.15, -0.1) is 0 Å². The molecule has 2 aromatic carbocycles. The van der Waals surface area contributed by atoms with E-state index in [9.17, 15) is 14.9 Å². The first kappa shape index (κ1) is 26.1. The zero-order valence-electron chi connectivity index (χ0n) is 20.0. The minimum absolute atomic E-state index is 0.0565. The molecule has 37 heavy (non-hydrogen) atoms. The number of thioether (sulfide) groups is 1. The molecule has 2 heterocycles. The van der Waals surface area contributed by atoms with Crippen LogP contribution < -0.4 is 20.7 Å². The third-order valence-electron chi connectivity index (χ3n) is 5.53. The normalized spacial score (nSPS) is 15.0. The molecule has 4 rings (SSSR count). The molecule has 188 valence electrons. The fourth-order valence-electron chi connectivity index (χ4n) is 3.91. The Bertz CT molecular complexity index is 1430. The van der Waals surface area contributed by atoms with Gasteiger partial charge in [-0.1, -0.05) is 45.9 Å². The minimum atomic E-state index is -0.758. The van der Waals surface area contributed by atoms with Gasteiger partial charge in [0.05, 0.1) is 53.0 Å². The number of methoxy groups -OCH3 is 1. The second kappa shape index (κ2) is 11.9. The standard InChI is InChI=1S/C27H23BrN4O4S/c1-16-24(26(34)32-20-9-3-4-10-21(20)35-2)25(22-11-6-12-36-22)19(14-29)27(30-16)37-15-23(33)31-18-8-5-7-17(28)13-18/h3-13,25,30H,15H2,1-2H3,(H,31,33)(H,32,34)/t25-/m0/s1. The van der Waals surface area contributed by atoms with Crippen molar-refractivity contribution in [3.8, 4) is 11.8 Å². The molecule has 0 bridgehead atoms. The third kappa shape index (κ3) is 6.07.